The molecular weight excluding hydrogens is 362 g/mol. The molecule has 2 aliphatic rings. The van der Waals surface area contributed by atoms with E-state index in [1.807, 2.05) is 19.3 Å². The average Bonchev–Trinajstić information content (AvgIpc) is 2.90. The van der Waals surface area contributed by atoms with E-state index in [1.165, 1.54) is 11.3 Å². The van der Waals surface area contributed by atoms with Gasteiger partial charge in [0.1, 0.15) is 5.82 Å². The molecule has 6 nitrogen and oxygen atoms in total. The molecule has 0 bridgehead atoms. The van der Waals surface area contributed by atoms with Crippen molar-refractivity contribution in [2.75, 3.05) is 32.5 Å². The van der Waals surface area contributed by atoms with Gasteiger partial charge in [-0.3, -0.25) is 4.79 Å². The third kappa shape index (κ3) is 4.27. The molecule has 0 radical (unpaired) electrons. The van der Waals surface area contributed by atoms with Gasteiger partial charge in [0, 0.05) is 63.0 Å². The van der Waals surface area contributed by atoms with Gasteiger partial charge < -0.3 is 19.7 Å². The third-order valence-electron chi connectivity index (χ3n) is 5.73. The molecule has 0 saturated heterocycles. The van der Waals surface area contributed by atoms with Crippen molar-refractivity contribution in [1.82, 2.24) is 19.4 Å². The number of aromatic nitrogens is 2. The molecule has 0 fully saturated rings. The Morgan fingerprint density at radius 3 is 3.00 bits per heavy atom. The molecule has 2 aromatic rings. The molecule has 0 saturated carbocycles. The Kier molecular flexibility index (Phi) is 5.53. The number of nitrogens with zero attached hydrogens (tertiary/aromatic N) is 4. The van der Waals surface area contributed by atoms with Crippen LogP contribution in [0.25, 0.3) is 12.2 Å². The molecule has 6 heteroatoms. The van der Waals surface area contributed by atoms with E-state index >= 15 is 0 Å². The minimum atomic E-state index is -0.00935. The molecule has 1 aliphatic heterocycles. The second-order valence-corrected chi connectivity index (χ2v) is 8.01. The standard InChI is InChI=1S/C23H29N5O/c1-26-11-10-24-23-19(15-26)12-17(14-25-23)8-9-22(29)27(2)16-20-13-18-6-4-5-7-21(18)28(20)3/h5,7-9,12-14H,4,6,10-11,15-16H2,1-3H3,(H,24,25)/b9-8+. The van der Waals surface area contributed by atoms with Gasteiger partial charge in [0.05, 0.1) is 6.54 Å². The summed E-state index contributed by atoms with van der Waals surface area (Å²) in [6, 6.07) is 4.34. The van der Waals surface area contributed by atoms with Crippen molar-refractivity contribution >= 4 is 23.9 Å². The van der Waals surface area contributed by atoms with E-state index in [-0.39, 0.29) is 5.91 Å². The second-order valence-electron chi connectivity index (χ2n) is 8.01. The second kappa shape index (κ2) is 8.25. The number of likely N-dealkylation sites (N-methyl/N-ethyl adjacent to an activating group) is 2. The highest BCUT2D eigenvalue weighted by Gasteiger charge is 2.16. The van der Waals surface area contributed by atoms with Crippen molar-refractivity contribution in [1.29, 1.82) is 0 Å². The van der Waals surface area contributed by atoms with Crippen LogP contribution in [0.15, 0.2) is 30.5 Å². The monoisotopic (exact) mass is 391 g/mol. The molecule has 152 valence electrons. The predicted molar refractivity (Wildman–Crippen MR) is 117 cm³/mol. The molecule has 1 amide bonds. The van der Waals surface area contributed by atoms with Crippen molar-refractivity contribution in [2.24, 2.45) is 7.05 Å². The summed E-state index contributed by atoms with van der Waals surface area (Å²) >= 11 is 0. The molecule has 1 N–H and O–H groups in total. The van der Waals surface area contributed by atoms with Crippen LogP contribution in [0.1, 0.15) is 34.5 Å². The van der Waals surface area contributed by atoms with E-state index in [0.29, 0.717) is 6.54 Å². The summed E-state index contributed by atoms with van der Waals surface area (Å²) in [5, 5.41) is 3.36. The maximum Gasteiger partial charge on any atom is 0.246 e. The number of amides is 1. The van der Waals surface area contributed by atoms with Gasteiger partial charge in [0.15, 0.2) is 0 Å². The van der Waals surface area contributed by atoms with Crippen LogP contribution in [-0.4, -0.2) is 52.4 Å². The summed E-state index contributed by atoms with van der Waals surface area (Å²) in [6.45, 7) is 3.34. The maximum absolute atomic E-state index is 12.6. The van der Waals surface area contributed by atoms with Gasteiger partial charge in [0.2, 0.25) is 5.91 Å². The number of hydrogen-bond donors (Lipinski definition) is 1. The van der Waals surface area contributed by atoms with Gasteiger partial charge in [-0.2, -0.15) is 0 Å². The van der Waals surface area contributed by atoms with Gasteiger partial charge in [-0.1, -0.05) is 6.08 Å². The lowest BCUT2D eigenvalue weighted by Crippen LogP contribution is -2.25. The molecule has 0 spiro atoms. The van der Waals surface area contributed by atoms with Crippen molar-refractivity contribution in [3.63, 3.8) is 0 Å². The highest BCUT2D eigenvalue weighted by atomic mass is 16.2. The summed E-state index contributed by atoms with van der Waals surface area (Å²) < 4.78 is 2.19. The Morgan fingerprint density at radius 1 is 1.31 bits per heavy atom. The fraction of sp³-hybridized carbons (Fsp3) is 0.391. The number of nitrogens with one attached hydrogen (secondary N) is 1. The lowest BCUT2D eigenvalue weighted by atomic mass is 10.0. The van der Waals surface area contributed by atoms with Crippen LogP contribution < -0.4 is 5.32 Å². The topological polar surface area (TPSA) is 53.4 Å². The molecular formula is C23H29N5O. The zero-order valence-corrected chi connectivity index (χ0v) is 17.5. The van der Waals surface area contributed by atoms with Gasteiger partial charge >= 0.3 is 0 Å². The zero-order chi connectivity index (χ0) is 20.4. The minimum absolute atomic E-state index is 0.00935. The largest absolute Gasteiger partial charge is 0.369 e. The maximum atomic E-state index is 12.6. The molecule has 29 heavy (non-hydrogen) atoms. The van der Waals surface area contributed by atoms with Crippen molar-refractivity contribution in [3.05, 3.63) is 58.6 Å². The molecule has 0 atom stereocenters. The van der Waals surface area contributed by atoms with Gasteiger partial charge in [-0.25, -0.2) is 4.98 Å². The lowest BCUT2D eigenvalue weighted by molar-refractivity contribution is -0.125. The van der Waals surface area contributed by atoms with Crippen LogP contribution in [0.5, 0.6) is 0 Å². The fourth-order valence-corrected chi connectivity index (χ4v) is 4.00. The van der Waals surface area contributed by atoms with E-state index in [2.05, 4.69) is 58.1 Å². The predicted octanol–water partition coefficient (Wildman–Crippen LogP) is 2.91. The number of rotatable bonds is 4. The van der Waals surface area contributed by atoms with Crippen LogP contribution in [-0.2, 0) is 31.4 Å². The first-order valence-corrected chi connectivity index (χ1v) is 10.2. The first-order chi connectivity index (χ1) is 14.0. The first kappa shape index (κ1) is 19.5. The third-order valence-corrected chi connectivity index (χ3v) is 5.73. The molecule has 0 unspecified atom stereocenters. The smallest absolute Gasteiger partial charge is 0.246 e. The van der Waals surface area contributed by atoms with Crippen LogP contribution in [0.2, 0.25) is 0 Å². The first-order valence-electron chi connectivity index (χ1n) is 10.2. The number of carbonyl (C=O) groups excluding carboxylic acids is 1. The van der Waals surface area contributed by atoms with Crippen molar-refractivity contribution in [2.45, 2.75) is 25.9 Å². The summed E-state index contributed by atoms with van der Waals surface area (Å²) in [5.41, 5.74) is 5.90. The number of pyridine rings is 1. The average molecular weight is 392 g/mol. The Bertz CT molecular complexity index is 972. The number of aryl methyl sites for hydroxylation is 1. The number of hydrogen-bond acceptors (Lipinski definition) is 4. The van der Waals surface area contributed by atoms with Crippen molar-refractivity contribution in [3.8, 4) is 0 Å². The van der Waals surface area contributed by atoms with E-state index in [0.717, 1.165) is 55.1 Å². The number of carbonyl (C=O) groups is 1. The van der Waals surface area contributed by atoms with Gasteiger partial charge in [-0.15, -0.1) is 0 Å². The normalized spacial score (nSPS) is 16.2. The van der Waals surface area contributed by atoms with E-state index < -0.39 is 0 Å². The molecule has 2 aromatic heterocycles. The van der Waals surface area contributed by atoms with Crippen LogP contribution >= 0.6 is 0 Å². The molecule has 3 heterocycles. The Hall–Kier alpha value is -2.86. The molecule has 4 rings (SSSR count). The summed E-state index contributed by atoms with van der Waals surface area (Å²) in [6.07, 6.45) is 11.9. The lowest BCUT2D eigenvalue weighted by Gasteiger charge is -2.16. The van der Waals surface area contributed by atoms with Gasteiger partial charge in [-0.05, 0) is 55.3 Å². The molecule has 0 aromatic carbocycles. The van der Waals surface area contributed by atoms with E-state index in [4.69, 9.17) is 0 Å². The number of allylic oxidation sites excluding steroid dienone is 1. The number of fused-ring (bicyclic) bond motifs is 2. The Labute approximate surface area is 172 Å². The zero-order valence-electron chi connectivity index (χ0n) is 17.5. The van der Waals surface area contributed by atoms with Crippen LogP contribution in [0, 0.1) is 0 Å². The van der Waals surface area contributed by atoms with Crippen LogP contribution in [0.4, 0.5) is 5.82 Å². The summed E-state index contributed by atoms with van der Waals surface area (Å²) in [4.78, 5) is 21.2. The minimum Gasteiger partial charge on any atom is -0.369 e. The summed E-state index contributed by atoms with van der Waals surface area (Å²) in [7, 11) is 6.03. The Balaban J connectivity index is 1.43. The summed E-state index contributed by atoms with van der Waals surface area (Å²) in [5.74, 6) is 0.932. The van der Waals surface area contributed by atoms with E-state index in [1.54, 1.807) is 11.0 Å². The fourth-order valence-electron chi connectivity index (χ4n) is 4.00. The SMILES string of the molecule is CN1CCNc2ncc(/C=C/C(=O)N(C)Cc3cc4c(n3C)C=CCC4)cc2C1. The van der Waals surface area contributed by atoms with Crippen molar-refractivity contribution < 1.29 is 4.79 Å². The van der Waals surface area contributed by atoms with E-state index in [9.17, 15) is 4.79 Å². The molecule has 1 aliphatic carbocycles. The highest BCUT2D eigenvalue weighted by Crippen LogP contribution is 2.23. The Morgan fingerprint density at radius 2 is 2.17 bits per heavy atom. The van der Waals surface area contributed by atoms with Crippen LogP contribution in [0.3, 0.4) is 0 Å². The quantitative estimate of drug-likeness (QED) is 0.815. The van der Waals surface area contributed by atoms with Gasteiger partial charge in [0.25, 0.3) is 0 Å². The highest BCUT2D eigenvalue weighted by molar-refractivity contribution is 5.91. The number of anilines is 1.